The van der Waals surface area contributed by atoms with Crippen molar-refractivity contribution in [3.8, 4) is 0 Å². The lowest BCUT2D eigenvalue weighted by atomic mass is 9.89. The lowest BCUT2D eigenvalue weighted by molar-refractivity contribution is 0.0468. The van der Waals surface area contributed by atoms with E-state index >= 15 is 0 Å². The van der Waals surface area contributed by atoms with Gasteiger partial charge in [-0.15, -0.1) is 10.2 Å². The van der Waals surface area contributed by atoms with E-state index in [-0.39, 0.29) is 5.54 Å². The highest BCUT2D eigenvalue weighted by Crippen LogP contribution is 2.34. The lowest BCUT2D eigenvalue weighted by Gasteiger charge is -2.34. The summed E-state index contributed by atoms with van der Waals surface area (Å²) < 4.78 is 7.65. The molecule has 0 aromatic carbocycles. The number of rotatable bonds is 2. The Kier molecular flexibility index (Phi) is 3.35. The van der Waals surface area contributed by atoms with E-state index in [1.807, 2.05) is 6.33 Å². The van der Waals surface area contributed by atoms with E-state index in [9.17, 15) is 0 Å². The fourth-order valence-electron chi connectivity index (χ4n) is 3.18. The minimum atomic E-state index is -0.341. The zero-order chi connectivity index (χ0) is 12.4. The molecule has 100 valence electrons. The third-order valence-electron chi connectivity index (χ3n) is 4.37. The maximum atomic E-state index is 6.53. The Morgan fingerprint density at radius 1 is 1.22 bits per heavy atom. The van der Waals surface area contributed by atoms with Gasteiger partial charge in [-0.2, -0.15) is 0 Å². The second kappa shape index (κ2) is 4.97. The van der Waals surface area contributed by atoms with Gasteiger partial charge < -0.3 is 15.0 Å². The van der Waals surface area contributed by atoms with Gasteiger partial charge in [0, 0.05) is 19.3 Å². The number of nitrogens with two attached hydrogens (primary N) is 1. The van der Waals surface area contributed by atoms with E-state index in [0.29, 0.717) is 6.04 Å². The predicted molar refractivity (Wildman–Crippen MR) is 68.1 cm³/mol. The molecule has 2 aliphatic rings. The number of hydrogen-bond donors (Lipinski definition) is 1. The SMILES string of the molecule is NC1(c2nncn2C2CCCCC2)CCOCC1. The Morgan fingerprint density at radius 2 is 1.94 bits per heavy atom. The first-order valence-electron chi connectivity index (χ1n) is 7.06. The van der Waals surface area contributed by atoms with Gasteiger partial charge >= 0.3 is 0 Å². The maximum Gasteiger partial charge on any atom is 0.153 e. The quantitative estimate of drug-likeness (QED) is 0.868. The minimum Gasteiger partial charge on any atom is -0.381 e. The van der Waals surface area contributed by atoms with Crippen molar-refractivity contribution in [1.29, 1.82) is 0 Å². The van der Waals surface area contributed by atoms with E-state index < -0.39 is 0 Å². The third-order valence-corrected chi connectivity index (χ3v) is 4.37. The summed E-state index contributed by atoms with van der Waals surface area (Å²) in [7, 11) is 0. The lowest BCUT2D eigenvalue weighted by Crippen LogP contribution is -2.44. The van der Waals surface area contributed by atoms with Crippen LogP contribution in [0.15, 0.2) is 6.33 Å². The highest BCUT2D eigenvalue weighted by molar-refractivity contribution is 5.07. The van der Waals surface area contributed by atoms with Gasteiger partial charge in [0.05, 0.1) is 5.54 Å². The van der Waals surface area contributed by atoms with E-state index in [4.69, 9.17) is 10.5 Å². The first-order chi connectivity index (χ1) is 8.80. The summed E-state index contributed by atoms with van der Waals surface area (Å²) in [4.78, 5) is 0. The van der Waals surface area contributed by atoms with Crippen LogP contribution in [0, 0.1) is 0 Å². The van der Waals surface area contributed by atoms with Gasteiger partial charge in [-0.3, -0.25) is 0 Å². The third kappa shape index (κ3) is 2.17. The Balaban J connectivity index is 1.85. The molecular weight excluding hydrogens is 228 g/mol. The molecule has 18 heavy (non-hydrogen) atoms. The Morgan fingerprint density at radius 3 is 2.67 bits per heavy atom. The van der Waals surface area contributed by atoms with Crippen LogP contribution in [-0.4, -0.2) is 28.0 Å². The van der Waals surface area contributed by atoms with Crippen molar-refractivity contribution >= 4 is 0 Å². The van der Waals surface area contributed by atoms with Crippen LogP contribution in [0.5, 0.6) is 0 Å². The summed E-state index contributed by atoms with van der Waals surface area (Å²) >= 11 is 0. The van der Waals surface area contributed by atoms with Crippen LogP contribution in [0.1, 0.15) is 56.8 Å². The van der Waals surface area contributed by atoms with Crippen LogP contribution in [-0.2, 0) is 10.3 Å². The predicted octanol–water partition coefficient (Wildman–Crippen LogP) is 1.75. The molecule has 3 rings (SSSR count). The number of hydrogen-bond acceptors (Lipinski definition) is 4. The topological polar surface area (TPSA) is 66.0 Å². The van der Waals surface area contributed by atoms with Crippen molar-refractivity contribution in [1.82, 2.24) is 14.8 Å². The van der Waals surface area contributed by atoms with Gasteiger partial charge in [0.2, 0.25) is 0 Å². The zero-order valence-electron chi connectivity index (χ0n) is 10.8. The van der Waals surface area contributed by atoms with Crippen LogP contribution >= 0.6 is 0 Å². The molecule has 1 saturated heterocycles. The molecule has 0 atom stereocenters. The molecule has 1 aliphatic carbocycles. The average molecular weight is 250 g/mol. The molecule has 0 bridgehead atoms. The van der Waals surface area contributed by atoms with Gasteiger partial charge in [0.1, 0.15) is 6.33 Å². The standard InChI is InChI=1S/C13H22N4O/c14-13(6-8-18-9-7-13)12-16-15-10-17(12)11-4-2-1-3-5-11/h10-11H,1-9,14H2. The summed E-state index contributed by atoms with van der Waals surface area (Å²) in [5, 5.41) is 8.43. The number of nitrogens with zero attached hydrogens (tertiary/aromatic N) is 3. The van der Waals surface area contributed by atoms with Crippen LogP contribution in [0.4, 0.5) is 0 Å². The first kappa shape index (κ1) is 12.1. The van der Waals surface area contributed by atoms with Gasteiger partial charge in [-0.05, 0) is 25.7 Å². The monoisotopic (exact) mass is 250 g/mol. The second-order valence-electron chi connectivity index (χ2n) is 5.62. The Hall–Kier alpha value is -0.940. The van der Waals surface area contributed by atoms with E-state index in [0.717, 1.165) is 31.9 Å². The van der Waals surface area contributed by atoms with Gasteiger partial charge in [0.25, 0.3) is 0 Å². The molecule has 0 unspecified atom stereocenters. The maximum absolute atomic E-state index is 6.53. The number of ether oxygens (including phenoxy) is 1. The van der Waals surface area contributed by atoms with Crippen LogP contribution in [0.25, 0.3) is 0 Å². The summed E-state index contributed by atoms with van der Waals surface area (Å²) in [5.74, 6) is 0.970. The molecule has 5 nitrogen and oxygen atoms in total. The fourth-order valence-corrected chi connectivity index (χ4v) is 3.18. The summed E-state index contributed by atoms with van der Waals surface area (Å²) in [5.41, 5.74) is 6.19. The zero-order valence-corrected chi connectivity index (χ0v) is 10.8. The van der Waals surface area contributed by atoms with E-state index in [1.54, 1.807) is 0 Å². The van der Waals surface area contributed by atoms with Crippen LogP contribution < -0.4 is 5.73 Å². The number of aromatic nitrogens is 3. The van der Waals surface area contributed by atoms with Crippen molar-refractivity contribution in [3.63, 3.8) is 0 Å². The van der Waals surface area contributed by atoms with E-state index in [2.05, 4.69) is 14.8 Å². The van der Waals surface area contributed by atoms with E-state index in [1.165, 1.54) is 32.1 Å². The molecule has 1 aromatic rings. The molecule has 0 radical (unpaired) electrons. The van der Waals surface area contributed by atoms with Crippen molar-refractivity contribution in [2.45, 2.75) is 56.5 Å². The molecule has 1 aliphatic heterocycles. The van der Waals surface area contributed by atoms with Crippen LogP contribution in [0.3, 0.4) is 0 Å². The van der Waals surface area contributed by atoms with Gasteiger partial charge in [-0.1, -0.05) is 19.3 Å². The molecule has 2 N–H and O–H groups in total. The molecule has 0 amide bonds. The Labute approximate surface area is 108 Å². The first-order valence-corrected chi connectivity index (χ1v) is 7.06. The van der Waals surface area contributed by atoms with Crippen molar-refractivity contribution in [2.75, 3.05) is 13.2 Å². The smallest absolute Gasteiger partial charge is 0.153 e. The Bertz CT molecular complexity index is 391. The molecule has 2 fully saturated rings. The molecule has 0 spiro atoms. The molecule has 1 saturated carbocycles. The van der Waals surface area contributed by atoms with Gasteiger partial charge in [0.15, 0.2) is 5.82 Å². The van der Waals surface area contributed by atoms with Crippen LogP contribution in [0.2, 0.25) is 0 Å². The summed E-state index contributed by atoms with van der Waals surface area (Å²) in [6.45, 7) is 1.46. The summed E-state index contributed by atoms with van der Waals surface area (Å²) in [6, 6.07) is 0.548. The van der Waals surface area contributed by atoms with Crippen molar-refractivity contribution in [3.05, 3.63) is 12.2 Å². The summed E-state index contributed by atoms with van der Waals surface area (Å²) in [6.07, 6.45) is 10.0. The minimum absolute atomic E-state index is 0.341. The molecule has 5 heteroatoms. The van der Waals surface area contributed by atoms with Gasteiger partial charge in [-0.25, -0.2) is 0 Å². The highest BCUT2D eigenvalue weighted by Gasteiger charge is 2.36. The molecular formula is C13H22N4O. The average Bonchev–Trinajstić information content (AvgIpc) is 2.91. The molecule has 1 aromatic heterocycles. The second-order valence-corrected chi connectivity index (χ2v) is 5.62. The largest absolute Gasteiger partial charge is 0.381 e. The van der Waals surface area contributed by atoms with Crippen molar-refractivity contribution in [2.24, 2.45) is 5.73 Å². The fraction of sp³-hybridized carbons (Fsp3) is 0.846. The van der Waals surface area contributed by atoms with Crippen molar-refractivity contribution < 1.29 is 4.74 Å². The normalized spacial score (nSPS) is 25.2. The molecule has 2 heterocycles. The highest BCUT2D eigenvalue weighted by atomic mass is 16.5.